The summed E-state index contributed by atoms with van der Waals surface area (Å²) in [6.45, 7) is 0.826. The molecule has 118 valence electrons. The van der Waals surface area contributed by atoms with Gasteiger partial charge in [0.2, 0.25) is 15.0 Å². The van der Waals surface area contributed by atoms with Crippen molar-refractivity contribution in [2.24, 2.45) is 0 Å². The number of nitro groups is 1. The van der Waals surface area contributed by atoms with Crippen molar-refractivity contribution in [3.05, 3.63) is 28.3 Å². The van der Waals surface area contributed by atoms with Gasteiger partial charge in [-0.05, 0) is 25.5 Å². The molecule has 0 saturated carbocycles. The van der Waals surface area contributed by atoms with Crippen molar-refractivity contribution in [3.8, 4) is 0 Å². The van der Waals surface area contributed by atoms with E-state index in [1.54, 1.807) is 0 Å². The summed E-state index contributed by atoms with van der Waals surface area (Å²) < 4.78 is 24.8. The Morgan fingerprint density at radius 2 is 2.18 bits per heavy atom. The monoisotopic (exact) mass is 324 g/mol. The average molecular weight is 324 g/mol. The Morgan fingerprint density at radius 1 is 1.36 bits per heavy atom. The van der Waals surface area contributed by atoms with Crippen LogP contribution >= 0.6 is 0 Å². The Morgan fingerprint density at radius 3 is 2.86 bits per heavy atom. The first-order chi connectivity index (χ1) is 10.5. The molecule has 1 aliphatic heterocycles. The second-order valence-corrected chi connectivity index (χ2v) is 7.38. The highest BCUT2D eigenvalue weighted by Gasteiger charge is 2.25. The van der Waals surface area contributed by atoms with Crippen LogP contribution < -0.4 is 5.32 Å². The molecule has 1 fully saturated rings. The molecule has 0 aliphatic carbocycles. The number of sulfone groups is 1. The highest BCUT2D eigenvalue weighted by Crippen LogP contribution is 2.22. The Labute approximate surface area is 127 Å². The number of rotatable bonds is 4. The molecule has 0 unspecified atom stereocenters. The standard InChI is InChI=1S/C13H16N4O4S/c18-17(19)10-4-5-11-12(7-10)16-13(15-11)22(20,21)8-9-3-1-2-6-14-9/h4-5,7,9,14H,1-3,6,8H2,(H,15,16)/t9-/m0/s1. The van der Waals surface area contributed by atoms with E-state index in [0.717, 1.165) is 25.8 Å². The van der Waals surface area contributed by atoms with Gasteiger partial charge in [0.05, 0.1) is 21.7 Å². The molecule has 9 heteroatoms. The van der Waals surface area contributed by atoms with Gasteiger partial charge in [0.25, 0.3) is 5.69 Å². The van der Waals surface area contributed by atoms with Crippen molar-refractivity contribution >= 4 is 26.6 Å². The maximum atomic E-state index is 12.4. The quantitative estimate of drug-likeness (QED) is 0.648. The van der Waals surface area contributed by atoms with Gasteiger partial charge in [-0.15, -0.1) is 0 Å². The number of piperidine rings is 1. The van der Waals surface area contributed by atoms with Crippen LogP contribution in [0.5, 0.6) is 0 Å². The maximum absolute atomic E-state index is 12.4. The molecular formula is C13H16N4O4S. The van der Waals surface area contributed by atoms with Crippen LogP contribution in [0, 0.1) is 10.1 Å². The van der Waals surface area contributed by atoms with Gasteiger partial charge in [-0.3, -0.25) is 10.1 Å². The van der Waals surface area contributed by atoms with Gasteiger partial charge in [-0.25, -0.2) is 13.4 Å². The number of imidazole rings is 1. The van der Waals surface area contributed by atoms with Crippen LogP contribution in [0.2, 0.25) is 0 Å². The number of hydrogen-bond acceptors (Lipinski definition) is 6. The summed E-state index contributed by atoms with van der Waals surface area (Å²) in [6.07, 6.45) is 2.90. The third kappa shape index (κ3) is 2.95. The van der Waals surface area contributed by atoms with Crippen LogP contribution in [0.25, 0.3) is 11.0 Å². The normalized spacial score (nSPS) is 19.4. The van der Waals surface area contributed by atoms with Crippen LogP contribution in [0.3, 0.4) is 0 Å². The summed E-state index contributed by atoms with van der Waals surface area (Å²) in [7, 11) is -3.55. The van der Waals surface area contributed by atoms with E-state index in [4.69, 9.17) is 0 Å². The molecule has 2 aromatic rings. The highest BCUT2D eigenvalue weighted by molar-refractivity contribution is 7.91. The number of aromatic nitrogens is 2. The predicted octanol–water partition coefficient (Wildman–Crippen LogP) is 1.39. The van der Waals surface area contributed by atoms with E-state index in [1.807, 2.05) is 0 Å². The minimum absolute atomic E-state index is 0.0189. The van der Waals surface area contributed by atoms with E-state index < -0.39 is 14.8 Å². The van der Waals surface area contributed by atoms with Crippen LogP contribution in [0.4, 0.5) is 5.69 Å². The van der Waals surface area contributed by atoms with Crippen molar-refractivity contribution in [1.29, 1.82) is 0 Å². The molecule has 2 heterocycles. The first-order valence-corrected chi connectivity index (χ1v) is 8.71. The number of aromatic amines is 1. The minimum Gasteiger partial charge on any atom is -0.329 e. The van der Waals surface area contributed by atoms with Crippen molar-refractivity contribution in [2.75, 3.05) is 12.3 Å². The molecule has 3 rings (SSSR count). The van der Waals surface area contributed by atoms with Gasteiger partial charge in [0, 0.05) is 18.2 Å². The molecule has 2 N–H and O–H groups in total. The zero-order valence-electron chi connectivity index (χ0n) is 11.8. The second-order valence-electron chi connectivity index (χ2n) is 5.43. The van der Waals surface area contributed by atoms with Gasteiger partial charge in [-0.1, -0.05) is 6.42 Å². The third-order valence-corrected chi connectivity index (χ3v) is 5.41. The number of non-ortho nitro benzene ring substituents is 1. The van der Waals surface area contributed by atoms with E-state index in [9.17, 15) is 18.5 Å². The fourth-order valence-corrected chi connectivity index (χ4v) is 4.12. The zero-order chi connectivity index (χ0) is 15.7. The lowest BCUT2D eigenvalue weighted by molar-refractivity contribution is -0.384. The summed E-state index contributed by atoms with van der Waals surface area (Å²) >= 11 is 0. The Balaban J connectivity index is 1.89. The number of fused-ring (bicyclic) bond motifs is 1. The van der Waals surface area contributed by atoms with Crippen molar-refractivity contribution in [3.63, 3.8) is 0 Å². The Kier molecular flexibility index (Phi) is 3.83. The highest BCUT2D eigenvalue weighted by atomic mass is 32.2. The summed E-state index contributed by atoms with van der Waals surface area (Å²) in [6, 6.07) is 3.98. The summed E-state index contributed by atoms with van der Waals surface area (Å²) in [5.74, 6) is -0.0189. The molecule has 0 radical (unpaired) electrons. The first kappa shape index (κ1) is 14.9. The molecule has 1 aliphatic rings. The van der Waals surface area contributed by atoms with Crippen molar-refractivity contribution in [2.45, 2.75) is 30.5 Å². The lowest BCUT2D eigenvalue weighted by atomic mass is 10.1. The molecule has 22 heavy (non-hydrogen) atoms. The van der Waals surface area contributed by atoms with E-state index in [2.05, 4.69) is 15.3 Å². The number of nitrogens with one attached hydrogen (secondary N) is 2. The number of nitrogens with zero attached hydrogens (tertiary/aromatic N) is 2. The first-order valence-electron chi connectivity index (χ1n) is 7.06. The fourth-order valence-electron chi connectivity index (χ4n) is 2.65. The second kappa shape index (κ2) is 5.65. The minimum atomic E-state index is -3.55. The molecule has 1 saturated heterocycles. The van der Waals surface area contributed by atoms with E-state index in [-0.39, 0.29) is 22.6 Å². The number of hydrogen-bond donors (Lipinski definition) is 2. The summed E-state index contributed by atoms with van der Waals surface area (Å²) in [5, 5.41) is 13.8. The molecule has 8 nitrogen and oxygen atoms in total. The van der Waals surface area contributed by atoms with E-state index >= 15 is 0 Å². The molecule has 0 amide bonds. The van der Waals surface area contributed by atoms with Gasteiger partial charge >= 0.3 is 0 Å². The summed E-state index contributed by atoms with van der Waals surface area (Å²) in [5.41, 5.74) is 0.652. The van der Waals surface area contributed by atoms with Gasteiger partial charge in [0.15, 0.2) is 0 Å². The SMILES string of the molecule is O=[N+]([O-])c1ccc2nc(S(=O)(=O)C[C@@H]3CCCCN3)[nH]c2c1. The van der Waals surface area contributed by atoms with Gasteiger partial charge < -0.3 is 10.3 Å². The van der Waals surface area contributed by atoms with Crippen LogP contribution in [0.1, 0.15) is 19.3 Å². The smallest absolute Gasteiger partial charge is 0.271 e. The van der Waals surface area contributed by atoms with Gasteiger partial charge in [-0.2, -0.15) is 0 Å². The van der Waals surface area contributed by atoms with E-state index in [0.29, 0.717) is 11.0 Å². The lowest BCUT2D eigenvalue weighted by Gasteiger charge is -2.22. The lowest BCUT2D eigenvalue weighted by Crippen LogP contribution is -2.39. The Bertz CT molecular complexity index is 809. The molecular weight excluding hydrogens is 308 g/mol. The van der Waals surface area contributed by atoms with E-state index in [1.165, 1.54) is 18.2 Å². The molecule has 1 aromatic heterocycles. The topological polar surface area (TPSA) is 118 Å². The average Bonchev–Trinajstić information content (AvgIpc) is 2.91. The Hall–Kier alpha value is -2.00. The third-order valence-electron chi connectivity index (χ3n) is 3.78. The van der Waals surface area contributed by atoms with Crippen LogP contribution in [-0.2, 0) is 9.84 Å². The molecule has 1 atom stereocenters. The largest absolute Gasteiger partial charge is 0.329 e. The molecule has 0 spiro atoms. The number of nitro benzene ring substituents is 1. The van der Waals surface area contributed by atoms with Crippen LogP contribution in [0.15, 0.2) is 23.4 Å². The fraction of sp³-hybridized carbons (Fsp3) is 0.462. The maximum Gasteiger partial charge on any atom is 0.271 e. The number of benzene rings is 1. The van der Waals surface area contributed by atoms with Gasteiger partial charge in [0.1, 0.15) is 0 Å². The molecule has 0 bridgehead atoms. The van der Waals surface area contributed by atoms with Crippen molar-refractivity contribution < 1.29 is 13.3 Å². The molecule has 1 aromatic carbocycles. The summed E-state index contributed by atoms with van der Waals surface area (Å²) in [4.78, 5) is 17.0. The van der Waals surface area contributed by atoms with Crippen molar-refractivity contribution in [1.82, 2.24) is 15.3 Å². The predicted molar refractivity (Wildman–Crippen MR) is 80.4 cm³/mol. The van der Waals surface area contributed by atoms with Crippen LogP contribution in [-0.4, -0.2) is 41.6 Å². The zero-order valence-corrected chi connectivity index (χ0v) is 12.6. The number of H-pyrrole nitrogens is 1.